The third-order valence-corrected chi connectivity index (χ3v) is 2.89. The maximum absolute atomic E-state index is 11.9. The van der Waals surface area contributed by atoms with Crippen molar-refractivity contribution in [3.05, 3.63) is 55.1 Å². The van der Waals surface area contributed by atoms with Crippen molar-refractivity contribution in [2.75, 3.05) is 0 Å². The van der Waals surface area contributed by atoms with Crippen LogP contribution in [0.5, 0.6) is 0 Å². The molecule has 2 rings (SSSR count). The fraction of sp³-hybridized carbons (Fsp3) is 0.273. The van der Waals surface area contributed by atoms with Gasteiger partial charge in [0.25, 0.3) is 11.1 Å². The molecule has 0 aliphatic rings. The Morgan fingerprint density at radius 1 is 1.22 bits per heavy atom. The molecule has 0 fully saturated rings. The number of halogens is 1. The lowest BCUT2D eigenvalue weighted by Gasteiger charge is -2.07. The molecule has 1 N–H and O–H groups in total. The molecule has 94 valence electrons. The minimum absolute atomic E-state index is 0.152. The zero-order valence-corrected chi connectivity index (χ0v) is 10.7. The van der Waals surface area contributed by atoms with Crippen molar-refractivity contribution in [3.63, 3.8) is 0 Å². The normalized spacial score (nSPS) is 10.6. The van der Waals surface area contributed by atoms with Crippen molar-refractivity contribution in [2.24, 2.45) is 0 Å². The molecule has 2 aromatic heterocycles. The van der Waals surface area contributed by atoms with E-state index in [1.54, 1.807) is 13.8 Å². The molecule has 0 radical (unpaired) electrons. The van der Waals surface area contributed by atoms with Crippen LogP contribution in [0.4, 0.5) is 0 Å². The first-order valence-electron chi connectivity index (χ1n) is 5.26. The van der Waals surface area contributed by atoms with E-state index in [1.807, 2.05) is 0 Å². The van der Waals surface area contributed by atoms with Crippen LogP contribution >= 0.6 is 11.6 Å². The van der Waals surface area contributed by atoms with Crippen LogP contribution < -0.4 is 11.1 Å². The quantitative estimate of drug-likeness (QED) is 0.865. The molecule has 2 heterocycles. The van der Waals surface area contributed by atoms with Crippen molar-refractivity contribution in [1.82, 2.24) is 19.7 Å². The first kappa shape index (κ1) is 12.5. The maximum Gasteiger partial charge on any atom is 0.268 e. The fourth-order valence-corrected chi connectivity index (χ4v) is 1.58. The van der Waals surface area contributed by atoms with Gasteiger partial charge in [0, 0.05) is 11.1 Å². The van der Waals surface area contributed by atoms with E-state index in [2.05, 4.69) is 15.1 Å². The topological polar surface area (TPSA) is 80.6 Å². The number of rotatable bonds is 2. The smallest absolute Gasteiger partial charge is 0.268 e. The van der Waals surface area contributed by atoms with E-state index in [1.165, 1.54) is 17.1 Å². The van der Waals surface area contributed by atoms with E-state index < -0.39 is 0 Å². The van der Waals surface area contributed by atoms with Gasteiger partial charge in [-0.3, -0.25) is 19.7 Å². The number of hydrogen-bond acceptors (Lipinski definition) is 4. The first-order chi connectivity index (χ1) is 8.49. The summed E-state index contributed by atoms with van der Waals surface area (Å²) in [4.78, 5) is 31.4. The van der Waals surface area contributed by atoms with Crippen molar-refractivity contribution in [3.8, 4) is 0 Å². The van der Waals surface area contributed by atoms with Crippen LogP contribution in [-0.4, -0.2) is 19.7 Å². The Labute approximate surface area is 107 Å². The average molecular weight is 267 g/mol. The Balaban J connectivity index is 2.44. The van der Waals surface area contributed by atoms with Crippen LogP contribution in [0.2, 0.25) is 5.15 Å². The zero-order valence-electron chi connectivity index (χ0n) is 9.90. The highest BCUT2D eigenvalue weighted by molar-refractivity contribution is 6.29. The van der Waals surface area contributed by atoms with Crippen LogP contribution in [0, 0.1) is 13.8 Å². The van der Waals surface area contributed by atoms with Gasteiger partial charge in [-0.05, 0) is 13.8 Å². The number of nitrogens with zero attached hydrogens (tertiary/aromatic N) is 3. The Kier molecular flexibility index (Phi) is 3.29. The second-order valence-electron chi connectivity index (χ2n) is 3.91. The Bertz CT molecular complexity index is 688. The molecule has 0 saturated heterocycles. The van der Waals surface area contributed by atoms with E-state index in [0.29, 0.717) is 16.8 Å². The largest absolute Gasteiger partial charge is 0.268 e. The molecule has 0 bridgehead atoms. The summed E-state index contributed by atoms with van der Waals surface area (Å²) in [7, 11) is 0. The molecule has 0 unspecified atom stereocenters. The van der Waals surface area contributed by atoms with Crippen LogP contribution in [0.3, 0.4) is 0 Å². The van der Waals surface area contributed by atoms with Gasteiger partial charge >= 0.3 is 0 Å². The summed E-state index contributed by atoms with van der Waals surface area (Å²) in [5.41, 5.74) is 0.873. The number of aromatic nitrogens is 4. The van der Waals surface area contributed by atoms with Gasteiger partial charge in [0.05, 0.1) is 24.6 Å². The van der Waals surface area contributed by atoms with E-state index in [0.717, 1.165) is 0 Å². The Morgan fingerprint density at radius 2 is 1.94 bits per heavy atom. The number of hydrogen-bond donors (Lipinski definition) is 1. The van der Waals surface area contributed by atoms with E-state index in [4.69, 9.17) is 11.6 Å². The summed E-state index contributed by atoms with van der Waals surface area (Å²) in [5.74, 6) is 0. The molecular weight excluding hydrogens is 256 g/mol. The SMILES string of the molecule is Cc1c(C)c(=O)n(Cc2cnc(Cl)cn2)[nH]c1=O. The zero-order chi connectivity index (χ0) is 13.3. The molecule has 6 nitrogen and oxygen atoms in total. The summed E-state index contributed by atoms with van der Waals surface area (Å²) in [6, 6.07) is 0. The standard InChI is InChI=1S/C11H11ClN4O2/c1-6-7(2)11(18)16(15-10(6)17)5-8-3-14-9(12)4-13-8/h3-4H,5H2,1-2H3,(H,15,17). The summed E-state index contributed by atoms with van der Waals surface area (Å²) in [6.07, 6.45) is 2.85. The van der Waals surface area contributed by atoms with E-state index in [-0.39, 0.29) is 22.8 Å². The number of H-pyrrole nitrogens is 1. The van der Waals surface area contributed by atoms with Crippen LogP contribution in [0.15, 0.2) is 22.0 Å². The Hall–Kier alpha value is -1.95. The summed E-state index contributed by atoms with van der Waals surface area (Å²) in [5, 5.41) is 2.77. The maximum atomic E-state index is 11.9. The van der Waals surface area contributed by atoms with Crippen molar-refractivity contribution in [2.45, 2.75) is 20.4 Å². The second kappa shape index (κ2) is 4.73. The molecule has 2 aromatic rings. The average Bonchev–Trinajstić information content (AvgIpc) is 2.36. The van der Waals surface area contributed by atoms with Gasteiger partial charge in [0.1, 0.15) is 5.15 Å². The van der Waals surface area contributed by atoms with Crippen molar-refractivity contribution >= 4 is 11.6 Å². The van der Waals surface area contributed by atoms with Gasteiger partial charge in [0.15, 0.2) is 0 Å². The molecule has 18 heavy (non-hydrogen) atoms. The number of nitrogens with one attached hydrogen (secondary N) is 1. The molecule has 0 aromatic carbocycles. The summed E-state index contributed by atoms with van der Waals surface area (Å²) < 4.78 is 1.21. The minimum atomic E-state index is -0.283. The minimum Gasteiger partial charge on any atom is -0.268 e. The lowest BCUT2D eigenvalue weighted by molar-refractivity contribution is 0.607. The fourth-order valence-electron chi connectivity index (χ4n) is 1.48. The molecule has 0 aliphatic heterocycles. The molecule has 0 amide bonds. The van der Waals surface area contributed by atoms with Crippen molar-refractivity contribution < 1.29 is 0 Å². The molecule has 0 aliphatic carbocycles. The van der Waals surface area contributed by atoms with Gasteiger partial charge < -0.3 is 0 Å². The van der Waals surface area contributed by atoms with Gasteiger partial charge in [-0.25, -0.2) is 9.67 Å². The van der Waals surface area contributed by atoms with E-state index in [9.17, 15) is 9.59 Å². The third-order valence-electron chi connectivity index (χ3n) is 2.70. The first-order valence-corrected chi connectivity index (χ1v) is 5.63. The highest BCUT2D eigenvalue weighted by Gasteiger charge is 2.08. The highest BCUT2D eigenvalue weighted by Crippen LogP contribution is 2.02. The van der Waals surface area contributed by atoms with Crippen molar-refractivity contribution in [1.29, 1.82) is 0 Å². The Morgan fingerprint density at radius 3 is 2.56 bits per heavy atom. The lowest BCUT2D eigenvalue weighted by Crippen LogP contribution is -2.33. The molecule has 0 saturated carbocycles. The third kappa shape index (κ3) is 2.33. The number of aromatic amines is 1. The lowest BCUT2D eigenvalue weighted by atomic mass is 10.2. The van der Waals surface area contributed by atoms with Gasteiger partial charge in [-0.2, -0.15) is 0 Å². The molecule has 0 atom stereocenters. The predicted octanol–water partition coefficient (Wildman–Crippen LogP) is 0.645. The molecular formula is C11H11ClN4O2. The van der Waals surface area contributed by atoms with Gasteiger partial charge in [0.2, 0.25) is 0 Å². The molecule has 7 heteroatoms. The van der Waals surface area contributed by atoms with Gasteiger partial charge in [-0.1, -0.05) is 11.6 Å². The van der Waals surface area contributed by atoms with E-state index >= 15 is 0 Å². The second-order valence-corrected chi connectivity index (χ2v) is 4.30. The summed E-state index contributed by atoms with van der Waals surface area (Å²) in [6.45, 7) is 3.39. The van der Waals surface area contributed by atoms with Gasteiger partial charge in [-0.15, -0.1) is 0 Å². The highest BCUT2D eigenvalue weighted by atomic mass is 35.5. The molecule has 0 spiro atoms. The van der Waals surface area contributed by atoms with Crippen LogP contribution in [-0.2, 0) is 6.54 Å². The monoisotopic (exact) mass is 266 g/mol. The predicted molar refractivity (Wildman–Crippen MR) is 66.9 cm³/mol. The van der Waals surface area contributed by atoms with Crippen LogP contribution in [0.1, 0.15) is 16.8 Å². The van der Waals surface area contributed by atoms with Crippen LogP contribution in [0.25, 0.3) is 0 Å². The summed E-state index contributed by atoms with van der Waals surface area (Å²) >= 11 is 5.62.